The molecule has 24 heavy (non-hydrogen) atoms. The molecule has 0 aliphatic carbocycles. The molecule has 0 atom stereocenters. The van der Waals surface area contributed by atoms with Gasteiger partial charge in [-0.2, -0.15) is 0 Å². The van der Waals surface area contributed by atoms with E-state index in [-0.39, 0.29) is 5.91 Å². The van der Waals surface area contributed by atoms with Crippen LogP contribution in [0, 0.1) is 6.92 Å². The molecule has 0 spiro atoms. The summed E-state index contributed by atoms with van der Waals surface area (Å²) in [5, 5.41) is 12.2. The number of benzene rings is 1. The van der Waals surface area contributed by atoms with Gasteiger partial charge in [-0.25, -0.2) is 4.98 Å². The number of amides is 1. The third kappa shape index (κ3) is 3.94. The van der Waals surface area contributed by atoms with Crippen molar-refractivity contribution in [3.8, 4) is 5.75 Å². The van der Waals surface area contributed by atoms with Crippen LogP contribution in [0.1, 0.15) is 26.8 Å². The number of pyridine rings is 1. The first-order chi connectivity index (χ1) is 11.6. The van der Waals surface area contributed by atoms with Crippen molar-refractivity contribution in [2.75, 3.05) is 12.4 Å². The Labute approximate surface area is 143 Å². The van der Waals surface area contributed by atoms with E-state index in [4.69, 9.17) is 4.74 Å². The summed E-state index contributed by atoms with van der Waals surface area (Å²) in [4.78, 5) is 16.3. The third-order valence-electron chi connectivity index (χ3n) is 3.32. The number of aryl methyl sites for hydroxylation is 1. The lowest BCUT2D eigenvalue weighted by atomic mass is 10.1. The molecule has 1 amide bonds. The summed E-state index contributed by atoms with van der Waals surface area (Å²) < 4.78 is 5.14. The van der Waals surface area contributed by atoms with Crippen LogP contribution in [0.2, 0.25) is 0 Å². The topological polar surface area (TPSA) is 77.0 Å². The Hall–Kier alpha value is -2.80. The fourth-order valence-corrected chi connectivity index (χ4v) is 2.89. The maximum absolute atomic E-state index is 12.2. The fourth-order valence-electron chi connectivity index (χ4n) is 2.12. The second kappa shape index (κ2) is 7.18. The molecular weight excluding hydrogens is 324 g/mol. The quantitative estimate of drug-likeness (QED) is 0.772. The second-order valence-electron chi connectivity index (χ2n) is 5.14. The lowest BCUT2D eigenvalue weighted by Gasteiger charge is -2.01. The molecule has 0 saturated carbocycles. The van der Waals surface area contributed by atoms with Crippen molar-refractivity contribution in [3.05, 3.63) is 64.4 Å². The van der Waals surface area contributed by atoms with Crippen LogP contribution in [-0.4, -0.2) is 28.2 Å². The average Bonchev–Trinajstić information content (AvgIpc) is 3.02. The minimum atomic E-state index is -0.286. The highest BCUT2D eigenvalue weighted by molar-refractivity contribution is 7.15. The monoisotopic (exact) mass is 340 g/mol. The predicted octanol–water partition coefficient (Wildman–Crippen LogP) is 3.09. The molecule has 1 aromatic carbocycles. The van der Waals surface area contributed by atoms with E-state index in [1.54, 1.807) is 19.2 Å². The molecular formula is C17H16N4O2S. The van der Waals surface area contributed by atoms with Gasteiger partial charge in [-0.15, -0.1) is 10.2 Å². The molecule has 3 rings (SSSR count). The number of nitrogens with zero attached hydrogens (tertiary/aromatic N) is 3. The van der Waals surface area contributed by atoms with Crippen molar-refractivity contribution < 1.29 is 9.53 Å². The second-order valence-corrected chi connectivity index (χ2v) is 6.21. The Morgan fingerprint density at radius 2 is 1.96 bits per heavy atom. The minimum Gasteiger partial charge on any atom is -0.497 e. The van der Waals surface area contributed by atoms with Crippen molar-refractivity contribution >= 4 is 22.4 Å². The summed E-state index contributed by atoms with van der Waals surface area (Å²) in [7, 11) is 1.64. The zero-order valence-corrected chi connectivity index (χ0v) is 14.1. The van der Waals surface area contributed by atoms with Crippen LogP contribution >= 0.6 is 11.3 Å². The van der Waals surface area contributed by atoms with E-state index in [0.717, 1.165) is 22.0 Å². The van der Waals surface area contributed by atoms with Gasteiger partial charge in [0.15, 0.2) is 0 Å². The summed E-state index contributed by atoms with van der Waals surface area (Å²) in [6.07, 6.45) is 0.653. The number of methoxy groups -OCH3 is 1. The largest absolute Gasteiger partial charge is 0.497 e. The molecule has 122 valence electrons. The van der Waals surface area contributed by atoms with Gasteiger partial charge in [-0.3, -0.25) is 10.1 Å². The summed E-state index contributed by atoms with van der Waals surface area (Å²) in [6, 6.07) is 13.1. The zero-order chi connectivity index (χ0) is 16.9. The molecule has 1 N–H and O–H groups in total. The van der Waals surface area contributed by atoms with Gasteiger partial charge in [0, 0.05) is 12.1 Å². The Kier molecular flexibility index (Phi) is 4.81. The van der Waals surface area contributed by atoms with Crippen LogP contribution in [0.4, 0.5) is 5.13 Å². The SMILES string of the molecule is COc1ccc(Cc2nnc(NC(=O)c3cccc(C)n3)s2)cc1. The lowest BCUT2D eigenvalue weighted by Crippen LogP contribution is -2.13. The summed E-state index contributed by atoms with van der Waals surface area (Å²) in [6.45, 7) is 1.84. The fraction of sp³-hybridized carbons (Fsp3) is 0.176. The zero-order valence-electron chi connectivity index (χ0n) is 13.3. The highest BCUT2D eigenvalue weighted by Gasteiger charge is 2.11. The molecule has 3 aromatic rings. The van der Waals surface area contributed by atoms with Crippen LogP contribution in [0.5, 0.6) is 5.75 Å². The van der Waals surface area contributed by atoms with Gasteiger partial charge in [0.05, 0.1) is 7.11 Å². The maximum Gasteiger partial charge on any atom is 0.276 e. The molecule has 2 aromatic heterocycles. The molecule has 7 heteroatoms. The number of anilines is 1. The van der Waals surface area contributed by atoms with E-state index in [0.29, 0.717) is 17.2 Å². The van der Waals surface area contributed by atoms with Gasteiger partial charge in [0.1, 0.15) is 16.5 Å². The van der Waals surface area contributed by atoms with E-state index in [1.807, 2.05) is 37.3 Å². The standard InChI is InChI=1S/C17H16N4O2S/c1-11-4-3-5-14(18-11)16(22)19-17-21-20-15(24-17)10-12-6-8-13(23-2)9-7-12/h3-9H,10H2,1-2H3,(H,19,21,22). The van der Waals surface area contributed by atoms with Crippen LogP contribution in [0.3, 0.4) is 0 Å². The van der Waals surface area contributed by atoms with Crippen LogP contribution in [-0.2, 0) is 6.42 Å². The van der Waals surface area contributed by atoms with E-state index < -0.39 is 0 Å². The first-order valence-electron chi connectivity index (χ1n) is 7.34. The lowest BCUT2D eigenvalue weighted by molar-refractivity contribution is 0.102. The Balaban J connectivity index is 1.65. The smallest absolute Gasteiger partial charge is 0.276 e. The molecule has 0 aliphatic rings. The number of rotatable bonds is 5. The third-order valence-corrected chi connectivity index (χ3v) is 4.16. The predicted molar refractivity (Wildman–Crippen MR) is 92.6 cm³/mol. The molecule has 6 nitrogen and oxygen atoms in total. The first-order valence-corrected chi connectivity index (χ1v) is 8.16. The van der Waals surface area contributed by atoms with Crippen LogP contribution in [0.15, 0.2) is 42.5 Å². The van der Waals surface area contributed by atoms with Gasteiger partial charge in [-0.1, -0.05) is 29.5 Å². The van der Waals surface area contributed by atoms with Crippen LogP contribution in [0.25, 0.3) is 0 Å². The number of carbonyl (C=O) groups excluding carboxylic acids is 1. The number of carbonyl (C=O) groups is 1. The summed E-state index contributed by atoms with van der Waals surface area (Å²) >= 11 is 1.35. The van der Waals surface area contributed by atoms with E-state index in [1.165, 1.54) is 11.3 Å². The first kappa shape index (κ1) is 16.1. The molecule has 0 unspecified atom stereocenters. The van der Waals surface area contributed by atoms with Gasteiger partial charge >= 0.3 is 0 Å². The number of nitrogens with one attached hydrogen (secondary N) is 1. The van der Waals surface area contributed by atoms with Crippen molar-refractivity contribution in [1.82, 2.24) is 15.2 Å². The summed E-state index contributed by atoms with van der Waals surface area (Å²) in [5.74, 6) is 0.528. The number of hydrogen-bond donors (Lipinski definition) is 1. The van der Waals surface area contributed by atoms with Crippen molar-refractivity contribution in [2.24, 2.45) is 0 Å². The molecule has 0 fully saturated rings. The molecule has 0 aliphatic heterocycles. The highest BCUT2D eigenvalue weighted by atomic mass is 32.1. The van der Waals surface area contributed by atoms with Crippen molar-refractivity contribution in [1.29, 1.82) is 0 Å². The maximum atomic E-state index is 12.2. The minimum absolute atomic E-state index is 0.286. The molecule has 2 heterocycles. The van der Waals surface area contributed by atoms with Crippen molar-refractivity contribution in [2.45, 2.75) is 13.3 Å². The van der Waals surface area contributed by atoms with Gasteiger partial charge in [0.25, 0.3) is 5.91 Å². The van der Waals surface area contributed by atoms with Crippen LogP contribution < -0.4 is 10.1 Å². The highest BCUT2D eigenvalue weighted by Crippen LogP contribution is 2.20. The van der Waals surface area contributed by atoms with E-state index >= 15 is 0 Å². The summed E-state index contributed by atoms with van der Waals surface area (Å²) in [5.41, 5.74) is 2.26. The number of hydrogen-bond acceptors (Lipinski definition) is 6. The van der Waals surface area contributed by atoms with E-state index in [2.05, 4.69) is 20.5 Å². The van der Waals surface area contributed by atoms with Crippen molar-refractivity contribution in [3.63, 3.8) is 0 Å². The number of aromatic nitrogens is 3. The average molecular weight is 340 g/mol. The molecule has 0 radical (unpaired) electrons. The van der Waals surface area contributed by atoms with Gasteiger partial charge in [-0.05, 0) is 36.8 Å². The Bertz CT molecular complexity index is 846. The van der Waals surface area contributed by atoms with Gasteiger partial charge < -0.3 is 4.74 Å². The normalized spacial score (nSPS) is 10.4. The number of ether oxygens (including phenoxy) is 1. The van der Waals surface area contributed by atoms with E-state index in [9.17, 15) is 4.79 Å². The van der Waals surface area contributed by atoms with Gasteiger partial charge in [0.2, 0.25) is 5.13 Å². The Morgan fingerprint density at radius 1 is 1.17 bits per heavy atom. The molecule has 0 bridgehead atoms. The molecule has 0 saturated heterocycles. The Morgan fingerprint density at radius 3 is 2.67 bits per heavy atom.